The van der Waals surface area contributed by atoms with Gasteiger partial charge in [-0.05, 0) is 37.5 Å². The Labute approximate surface area is 124 Å². The average Bonchev–Trinajstić information content (AvgIpc) is 3.03. The number of hydrogen-bond donors (Lipinski definition) is 1. The van der Waals surface area contributed by atoms with Crippen LogP contribution in [-0.4, -0.2) is 26.4 Å². The summed E-state index contributed by atoms with van der Waals surface area (Å²) in [7, 11) is 4.01. The van der Waals surface area contributed by atoms with Gasteiger partial charge in [-0.3, -0.25) is 4.68 Å². The second-order valence-corrected chi connectivity index (χ2v) is 5.77. The molecule has 0 saturated heterocycles. The summed E-state index contributed by atoms with van der Waals surface area (Å²) in [4.78, 5) is 1.26. The third-order valence-corrected chi connectivity index (χ3v) is 4.42. The summed E-state index contributed by atoms with van der Waals surface area (Å²) < 4.78 is 6.11. The smallest absolute Gasteiger partial charge is 0.0803 e. The molecule has 0 aliphatic carbocycles. The zero-order valence-electron chi connectivity index (χ0n) is 12.7. The van der Waals surface area contributed by atoms with Crippen molar-refractivity contribution in [2.75, 3.05) is 7.05 Å². The van der Waals surface area contributed by atoms with Crippen molar-refractivity contribution in [1.29, 1.82) is 0 Å². The first-order valence-corrected chi connectivity index (χ1v) is 7.97. The molecule has 0 bridgehead atoms. The molecule has 0 amide bonds. The van der Waals surface area contributed by atoms with Crippen LogP contribution in [0.1, 0.15) is 48.3 Å². The third kappa shape index (κ3) is 3.24. The summed E-state index contributed by atoms with van der Waals surface area (Å²) in [6.07, 6.45) is 3.98. The van der Waals surface area contributed by atoms with Gasteiger partial charge >= 0.3 is 0 Å². The normalized spacial score (nSPS) is 12.8. The van der Waals surface area contributed by atoms with Gasteiger partial charge in [-0.25, -0.2) is 0 Å². The third-order valence-electron chi connectivity index (χ3n) is 3.54. The molecule has 2 aromatic rings. The highest BCUT2D eigenvalue weighted by Crippen LogP contribution is 2.25. The van der Waals surface area contributed by atoms with Gasteiger partial charge in [-0.15, -0.1) is 5.10 Å². The summed E-state index contributed by atoms with van der Waals surface area (Å²) >= 11 is 1.51. The van der Waals surface area contributed by atoms with Crippen LogP contribution in [0.4, 0.5) is 0 Å². The summed E-state index contributed by atoms with van der Waals surface area (Å²) in [5.74, 6) is 0. The molecule has 110 valence electrons. The van der Waals surface area contributed by atoms with Gasteiger partial charge in [0.25, 0.3) is 0 Å². The zero-order chi connectivity index (χ0) is 14.5. The van der Waals surface area contributed by atoms with Crippen molar-refractivity contribution in [1.82, 2.24) is 24.7 Å². The molecule has 0 aliphatic heterocycles. The predicted molar refractivity (Wildman–Crippen MR) is 82.0 cm³/mol. The van der Waals surface area contributed by atoms with Crippen LogP contribution in [0.3, 0.4) is 0 Å². The molecule has 0 saturated carbocycles. The van der Waals surface area contributed by atoms with E-state index in [4.69, 9.17) is 0 Å². The lowest BCUT2D eigenvalue weighted by molar-refractivity contribution is 0.562. The van der Waals surface area contributed by atoms with Crippen LogP contribution in [0.25, 0.3) is 0 Å². The van der Waals surface area contributed by atoms with E-state index in [2.05, 4.69) is 39.9 Å². The maximum atomic E-state index is 4.52. The fraction of sp³-hybridized carbons (Fsp3) is 0.643. The minimum Gasteiger partial charge on any atom is -0.312 e. The molecule has 0 aromatic carbocycles. The van der Waals surface area contributed by atoms with Crippen molar-refractivity contribution in [2.24, 2.45) is 7.05 Å². The number of aryl methyl sites for hydroxylation is 3. The Morgan fingerprint density at radius 3 is 2.80 bits per heavy atom. The maximum Gasteiger partial charge on any atom is 0.0803 e. The van der Waals surface area contributed by atoms with Crippen molar-refractivity contribution in [3.05, 3.63) is 28.0 Å². The zero-order valence-corrected chi connectivity index (χ0v) is 13.5. The van der Waals surface area contributed by atoms with Crippen molar-refractivity contribution < 1.29 is 0 Å². The lowest BCUT2D eigenvalue weighted by atomic mass is 10.1. The molecule has 0 spiro atoms. The van der Waals surface area contributed by atoms with Crippen LogP contribution in [0.5, 0.6) is 0 Å². The van der Waals surface area contributed by atoms with Crippen molar-refractivity contribution in [3.63, 3.8) is 0 Å². The van der Waals surface area contributed by atoms with E-state index in [9.17, 15) is 0 Å². The van der Waals surface area contributed by atoms with Gasteiger partial charge in [0.2, 0.25) is 0 Å². The highest BCUT2D eigenvalue weighted by molar-refractivity contribution is 7.05. The summed E-state index contributed by atoms with van der Waals surface area (Å²) in [6, 6.07) is 2.45. The van der Waals surface area contributed by atoms with Gasteiger partial charge in [-0.2, -0.15) is 5.10 Å². The van der Waals surface area contributed by atoms with E-state index in [0.717, 1.165) is 37.1 Å². The Hall–Kier alpha value is -1.27. The fourth-order valence-electron chi connectivity index (χ4n) is 2.36. The highest BCUT2D eigenvalue weighted by Gasteiger charge is 2.19. The summed E-state index contributed by atoms with van der Waals surface area (Å²) in [5, 5.41) is 12.2. The largest absolute Gasteiger partial charge is 0.312 e. The molecule has 0 aliphatic rings. The molecular formula is C14H23N5S. The van der Waals surface area contributed by atoms with Crippen LogP contribution >= 0.6 is 11.5 Å². The van der Waals surface area contributed by atoms with Crippen molar-refractivity contribution >= 4 is 11.5 Å². The second-order valence-electron chi connectivity index (χ2n) is 4.98. The number of likely N-dealkylation sites (N-methyl/N-ethyl adjacent to an activating group) is 1. The lowest BCUT2D eigenvalue weighted by Gasteiger charge is -2.15. The van der Waals surface area contributed by atoms with Gasteiger partial charge in [0.05, 0.1) is 22.3 Å². The Morgan fingerprint density at radius 1 is 1.40 bits per heavy atom. The number of rotatable bonds is 7. The average molecular weight is 293 g/mol. The van der Waals surface area contributed by atoms with E-state index >= 15 is 0 Å². The first-order valence-electron chi connectivity index (χ1n) is 7.19. The molecule has 6 heteroatoms. The highest BCUT2D eigenvalue weighted by atomic mass is 32.1. The standard InChI is InChI=1S/C14H23N5S/c1-5-7-12-14(20-18-16-12)13(15-3)9-11-8-10(6-2)17-19(11)4/h8,13,15H,5-7,9H2,1-4H3. The molecule has 1 atom stereocenters. The molecule has 1 N–H and O–H groups in total. The van der Waals surface area contributed by atoms with Crippen LogP contribution in [0, 0.1) is 0 Å². The Bertz CT molecular complexity index is 546. The van der Waals surface area contributed by atoms with E-state index in [-0.39, 0.29) is 6.04 Å². The van der Waals surface area contributed by atoms with E-state index in [0.29, 0.717) is 0 Å². The van der Waals surface area contributed by atoms with Gasteiger partial charge in [0.1, 0.15) is 0 Å². The number of nitrogens with one attached hydrogen (secondary N) is 1. The molecule has 0 fully saturated rings. The van der Waals surface area contributed by atoms with E-state index in [1.807, 2.05) is 18.8 Å². The molecule has 20 heavy (non-hydrogen) atoms. The van der Waals surface area contributed by atoms with Gasteiger partial charge < -0.3 is 5.32 Å². The van der Waals surface area contributed by atoms with Gasteiger partial charge in [0.15, 0.2) is 0 Å². The molecule has 2 aromatic heterocycles. The fourth-order valence-corrected chi connectivity index (χ4v) is 3.16. The molecule has 2 rings (SSSR count). The summed E-state index contributed by atoms with van der Waals surface area (Å²) in [5.41, 5.74) is 3.53. The minimum absolute atomic E-state index is 0.261. The van der Waals surface area contributed by atoms with E-state index in [1.54, 1.807) is 0 Å². The Balaban J connectivity index is 2.19. The number of nitrogens with zero attached hydrogens (tertiary/aromatic N) is 4. The van der Waals surface area contributed by atoms with Crippen LogP contribution in [0.2, 0.25) is 0 Å². The first-order chi connectivity index (χ1) is 9.69. The van der Waals surface area contributed by atoms with E-state index in [1.165, 1.54) is 22.1 Å². The monoisotopic (exact) mass is 293 g/mol. The minimum atomic E-state index is 0.261. The van der Waals surface area contributed by atoms with Crippen LogP contribution in [0.15, 0.2) is 6.07 Å². The SMILES string of the molecule is CCCc1nnsc1C(Cc1cc(CC)nn1C)NC. The molecule has 5 nitrogen and oxygen atoms in total. The van der Waals surface area contributed by atoms with Crippen molar-refractivity contribution in [2.45, 2.75) is 45.6 Å². The molecular weight excluding hydrogens is 270 g/mol. The molecule has 0 radical (unpaired) electrons. The van der Waals surface area contributed by atoms with Crippen molar-refractivity contribution in [3.8, 4) is 0 Å². The topological polar surface area (TPSA) is 55.6 Å². The quantitative estimate of drug-likeness (QED) is 0.851. The Morgan fingerprint density at radius 2 is 2.20 bits per heavy atom. The number of hydrogen-bond acceptors (Lipinski definition) is 5. The number of aromatic nitrogens is 4. The second kappa shape index (κ2) is 6.95. The van der Waals surface area contributed by atoms with Gasteiger partial charge in [-0.1, -0.05) is 24.8 Å². The van der Waals surface area contributed by atoms with Crippen LogP contribution < -0.4 is 5.32 Å². The Kier molecular flexibility index (Phi) is 5.25. The van der Waals surface area contributed by atoms with E-state index < -0.39 is 0 Å². The molecule has 2 heterocycles. The molecule has 1 unspecified atom stereocenters. The maximum absolute atomic E-state index is 4.52. The lowest BCUT2D eigenvalue weighted by Crippen LogP contribution is -2.20. The van der Waals surface area contributed by atoms with Gasteiger partial charge in [0, 0.05) is 19.2 Å². The first kappa shape index (κ1) is 15.1. The van der Waals surface area contributed by atoms with Crippen LogP contribution in [-0.2, 0) is 26.3 Å². The summed E-state index contributed by atoms with van der Waals surface area (Å²) in [6.45, 7) is 4.31. The predicted octanol–water partition coefficient (Wildman–Crippen LogP) is 2.29.